The molecule has 1 saturated carbocycles. The van der Waals surface area contributed by atoms with Gasteiger partial charge >= 0.3 is 0 Å². The Hall–Kier alpha value is -3.02. The molecule has 142 valence electrons. The van der Waals surface area contributed by atoms with E-state index in [4.69, 9.17) is 9.47 Å². The second-order valence-corrected chi connectivity index (χ2v) is 6.81. The van der Waals surface area contributed by atoms with Crippen LogP contribution in [0.25, 0.3) is 0 Å². The fourth-order valence-electron chi connectivity index (χ4n) is 3.00. The van der Waals surface area contributed by atoms with Crippen LogP contribution < -0.4 is 20.1 Å². The van der Waals surface area contributed by atoms with Crippen LogP contribution in [0.2, 0.25) is 0 Å². The lowest BCUT2D eigenvalue weighted by molar-refractivity contribution is -0.122. The molecule has 2 aromatic carbocycles. The van der Waals surface area contributed by atoms with E-state index in [0.29, 0.717) is 23.6 Å². The predicted molar refractivity (Wildman–Crippen MR) is 104 cm³/mol. The molecule has 2 atom stereocenters. The van der Waals surface area contributed by atoms with Gasteiger partial charge in [0, 0.05) is 11.8 Å². The zero-order chi connectivity index (χ0) is 19.6. The number of hydrogen-bond acceptors (Lipinski definition) is 4. The van der Waals surface area contributed by atoms with Gasteiger partial charge in [-0.25, -0.2) is 0 Å². The maximum Gasteiger partial charge on any atom is 0.228 e. The topological polar surface area (TPSA) is 76.7 Å². The molecular formula is C21H24N2O4. The SMILES string of the molecule is COc1ccc(NC(=O)C2CC2C(=O)Nc2cc(C)ccc2C)c(OC)c1. The number of benzene rings is 2. The fraction of sp³-hybridized carbons (Fsp3) is 0.333. The molecule has 2 unspecified atom stereocenters. The number of ether oxygens (including phenoxy) is 2. The van der Waals surface area contributed by atoms with Gasteiger partial charge in [-0.15, -0.1) is 0 Å². The normalized spacial score (nSPS) is 17.8. The van der Waals surface area contributed by atoms with Crippen molar-refractivity contribution in [2.75, 3.05) is 24.9 Å². The summed E-state index contributed by atoms with van der Waals surface area (Å²) in [5.74, 6) is 0.211. The van der Waals surface area contributed by atoms with Gasteiger partial charge in [0.2, 0.25) is 11.8 Å². The summed E-state index contributed by atoms with van der Waals surface area (Å²) in [5.41, 5.74) is 3.43. The third kappa shape index (κ3) is 4.22. The minimum absolute atomic E-state index is 0.120. The first kappa shape index (κ1) is 18.8. The van der Waals surface area contributed by atoms with Gasteiger partial charge in [-0.05, 0) is 49.6 Å². The van der Waals surface area contributed by atoms with Gasteiger partial charge in [0.25, 0.3) is 0 Å². The molecule has 2 amide bonds. The van der Waals surface area contributed by atoms with Crippen LogP contribution >= 0.6 is 0 Å². The summed E-state index contributed by atoms with van der Waals surface area (Å²) in [6.07, 6.45) is 0.543. The Morgan fingerprint density at radius 1 is 0.889 bits per heavy atom. The third-order valence-electron chi connectivity index (χ3n) is 4.78. The van der Waals surface area contributed by atoms with E-state index in [-0.39, 0.29) is 23.7 Å². The summed E-state index contributed by atoms with van der Waals surface area (Å²) in [6.45, 7) is 3.92. The molecule has 2 N–H and O–H groups in total. The lowest BCUT2D eigenvalue weighted by atomic mass is 10.1. The minimum atomic E-state index is -0.332. The molecular weight excluding hydrogens is 344 g/mol. The second kappa shape index (κ2) is 7.70. The van der Waals surface area contributed by atoms with E-state index < -0.39 is 0 Å². The van der Waals surface area contributed by atoms with Gasteiger partial charge < -0.3 is 20.1 Å². The molecule has 0 aliphatic heterocycles. The van der Waals surface area contributed by atoms with Crippen LogP contribution in [0.1, 0.15) is 17.5 Å². The first-order chi connectivity index (χ1) is 12.9. The Labute approximate surface area is 158 Å². The highest BCUT2D eigenvalue weighted by Gasteiger charge is 2.48. The summed E-state index contributed by atoms with van der Waals surface area (Å²) >= 11 is 0. The van der Waals surface area contributed by atoms with Crippen LogP contribution in [0, 0.1) is 25.7 Å². The van der Waals surface area contributed by atoms with E-state index in [2.05, 4.69) is 10.6 Å². The molecule has 0 saturated heterocycles. The fourth-order valence-corrected chi connectivity index (χ4v) is 3.00. The molecule has 0 spiro atoms. The third-order valence-corrected chi connectivity index (χ3v) is 4.78. The number of nitrogens with one attached hydrogen (secondary N) is 2. The van der Waals surface area contributed by atoms with Crippen LogP contribution in [-0.2, 0) is 9.59 Å². The number of anilines is 2. The van der Waals surface area contributed by atoms with Gasteiger partial charge in [-0.2, -0.15) is 0 Å². The van der Waals surface area contributed by atoms with Crippen molar-refractivity contribution in [3.8, 4) is 11.5 Å². The molecule has 2 aromatic rings. The number of amides is 2. The van der Waals surface area contributed by atoms with Crippen molar-refractivity contribution in [1.82, 2.24) is 0 Å². The van der Waals surface area contributed by atoms with Crippen molar-refractivity contribution >= 4 is 23.2 Å². The zero-order valence-electron chi connectivity index (χ0n) is 16.0. The molecule has 1 aliphatic carbocycles. The zero-order valence-corrected chi connectivity index (χ0v) is 16.0. The first-order valence-electron chi connectivity index (χ1n) is 8.84. The standard InChI is InChI=1S/C21H24N2O4/c1-12-5-6-13(2)18(9-12)23-21(25)16-11-15(16)20(24)22-17-8-7-14(26-3)10-19(17)27-4/h5-10,15-16H,11H2,1-4H3,(H,22,24)(H,23,25). The smallest absolute Gasteiger partial charge is 0.228 e. The van der Waals surface area contributed by atoms with E-state index >= 15 is 0 Å². The van der Waals surface area contributed by atoms with Gasteiger partial charge in [-0.1, -0.05) is 12.1 Å². The molecule has 0 radical (unpaired) electrons. The summed E-state index contributed by atoms with van der Waals surface area (Å²) in [6, 6.07) is 11.1. The number of aryl methyl sites for hydroxylation is 2. The number of carbonyl (C=O) groups excluding carboxylic acids is 2. The highest BCUT2D eigenvalue weighted by Crippen LogP contribution is 2.41. The number of hydrogen-bond donors (Lipinski definition) is 2. The average molecular weight is 368 g/mol. The van der Waals surface area contributed by atoms with E-state index in [1.165, 1.54) is 7.11 Å². The average Bonchev–Trinajstić information content (AvgIpc) is 3.46. The maximum atomic E-state index is 12.5. The van der Waals surface area contributed by atoms with Crippen LogP contribution in [0.5, 0.6) is 11.5 Å². The van der Waals surface area contributed by atoms with E-state index in [0.717, 1.165) is 16.8 Å². The van der Waals surface area contributed by atoms with Crippen LogP contribution in [0.3, 0.4) is 0 Å². The molecule has 1 fully saturated rings. The lowest BCUT2D eigenvalue weighted by Crippen LogP contribution is -2.21. The van der Waals surface area contributed by atoms with E-state index in [1.54, 1.807) is 25.3 Å². The second-order valence-electron chi connectivity index (χ2n) is 6.81. The maximum absolute atomic E-state index is 12.5. The van der Waals surface area contributed by atoms with E-state index in [1.807, 2.05) is 32.0 Å². The Morgan fingerprint density at radius 2 is 1.56 bits per heavy atom. The Kier molecular flexibility index (Phi) is 5.35. The predicted octanol–water partition coefficient (Wildman–Crippen LogP) is 3.53. The molecule has 3 rings (SSSR count). The number of carbonyl (C=O) groups is 2. The Morgan fingerprint density at radius 3 is 2.19 bits per heavy atom. The highest BCUT2D eigenvalue weighted by molar-refractivity contribution is 6.04. The molecule has 0 bridgehead atoms. The summed E-state index contributed by atoms with van der Waals surface area (Å²) in [7, 11) is 3.10. The quantitative estimate of drug-likeness (QED) is 0.818. The van der Waals surface area contributed by atoms with Gasteiger partial charge in [-0.3, -0.25) is 9.59 Å². The minimum Gasteiger partial charge on any atom is -0.497 e. The van der Waals surface area contributed by atoms with E-state index in [9.17, 15) is 9.59 Å². The molecule has 0 heterocycles. The van der Waals surface area contributed by atoms with Crippen LogP contribution in [-0.4, -0.2) is 26.0 Å². The van der Waals surface area contributed by atoms with Crippen LogP contribution in [0.4, 0.5) is 11.4 Å². The van der Waals surface area contributed by atoms with Crippen molar-refractivity contribution in [1.29, 1.82) is 0 Å². The molecule has 27 heavy (non-hydrogen) atoms. The molecule has 1 aliphatic rings. The van der Waals surface area contributed by atoms with Gasteiger partial charge in [0.05, 0.1) is 31.7 Å². The van der Waals surface area contributed by atoms with Crippen molar-refractivity contribution in [2.24, 2.45) is 11.8 Å². The van der Waals surface area contributed by atoms with Crippen molar-refractivity contribution in [3.05, 3.63) is 47.5 Å². The summed E-state index contributed by atoms with van der Waals surface area (Å²) in [4.78, 5) is 25.0. The van der Waals surface area contributed by atoms with Crippen molar-refractivity contribution in [2.45, 2.75) is 20.3 Å². The molecule has 6 nitrogen and oxygen atoms in total. The lowest BCUT2D eigenvalue weighted by Gasteiger charge is -2.12. The van der Waals surface area contributed by atoms with Crippen LogP contribution in [0.15, 0.2) is 36.4 Å². The first-order valence-corrected chi connectivity index (χ1v) is 8.84. The Bertz CT molecular complexity index is 878. The summed E-state index contributed by atoms with van der Waals surface area (Å²) < 4.78 is 10.4. The number of rotatable bonds is 6. The molecule has 6 heteroatoms. The van der Waals surface area contributed by atoms with Gasteiger partial charge in [0.1, 0.15) is 11.5 Å². The summed E-state index contributed by atoms with van der Waals surface area (Å²) in [5, 5.41) is 5.78. The van der Waals surface area contributed by atoms with Gasteiger partial charge in [0.15, 0.2) is 0 Å². The monoisotopic (exact) mass is 368 g/mol. The molecule has 0 aromatic heterocycles. The largest absolute Gasteiger partial charge is 0.497 e. The highest BCUT2D eigenvalue weighted by atomic mass is 16.5. The Balaban J connectivity index is 1.62. The van der Waals surface area contributed by atoms with Crippen molar-refractivity contribution < 1.29 is 19.1 Å². The number of methoxy groups -OCH3 is 2. The van der Waals surface area contributed by atoms with Crippen molar-refractivity contribution in [3.63, 3.8) is 0 Å².